The van der Waals surface area contributed by atoms with Gasteiger partial charge in [0.2, 0.25) is 10.0 Å². The molecule has 0 aromatic carbocycles. The van der Waals surface area contributed by atoms with Gasteiger partial charge in [0.25, 0.3) is 0 Å². The first-order valence-electron chi connectivity index (χ1n) is 6.66. The normalized spacial score (nSPS) is 22.9. The monoisotopic (exact) mass is 315 g/mol. The third-order valence-corrected chi connectivity index (χ3v) is 5.01. The maximum absolute atomic E-state index is 12.0. The van der Waals surface area contributed by atoms with E-state index in [1.54, 1.807) is 0 Å². The number of aromatic nitrogens is 1. The molecular weight excluding hydrogens is 298 g/mol. The lowest BCUT2D eigenvalue weighted by molar-refractivity contribution is -0.389. The van der Waals surface area contributed by atoms with Crippen LogP contribution >= 0.6 is 0 Å². The molecule has 1 heterocycles. The third kappa shape index (κ3) is 4.19. The molecule has 0 saturated heterocycles. The van der Waals surface area contributed by atoms with E-state index in [0.717, 1.165) is 31.2 Å². The van der Waals surface area contributed by atoms with Crippen molar-refractivity contribution >= 4 is 15.8 Å². The van der Waals surface area contributed by atoms with Crippen LogP contribution in [-0.2, 0) is 10.0 Å². The van der Waals surface area contributed by atoms with E-state index in [1.165, 1.54) is 0 Å². The summed E-state index contributed by atoms with van der Waals surface area (Å²) in [6.45, 7) is 0.298. The Hall–Kier alpha value is -1.58. The van der Waals surface area contributed by atoms with Gasteiger partial charge in [0.1, 0.15) is 4.90 Å². The lowest BCUT2D eigenvalue weighted by atomic mass is 9.88. The number of nitrogens with one attached hydrogen (secondary N) is 1. The molecule has 8 nitrogen and oxygen atoms in total. The first-order chi connectivity index (χ1) is 9.88. The molecule has 1 aromatic rings. The van der Waals surface area contributed by atoms with Crippen LogP contribution in [0.5, 0.6) is 0 Å². The maximum atomic E-state index is 12.0. The predicted octanol–water partition coefficient (Wildman–Crippen LogP) is 0.819. The second-order valence-electron chi connectivity index (χ2n) is 5.14. The zero-order valence-corrected chi connectivity index (χ0v) is 12.1. The fraction of sp³-hybridized carbons (Fsp3) is 0.583. The molecule has 0 radical (unpaired) electrons. The molecule has 2 N–H and O–H groups in total. The zero-order chi connectivity index (χ0) is 15.5. The number of nitro groups is 1. The van der Waals surface area contributed by atoms with Crippen molar-refractivity contribution in [1.29, 1.82) is 0 Å². The van der Waals surface area contributed by atoms with Gasteiger partial charge >= 0.3 is 5.82 Å². The Labute approximate surface area is 122 Å². The molecule has 2 rings (SSSR count). The second kappa shape index (κ2) is 6.46. The van der Waals surface area contributed by atoms with Gasteiger partial charge < -0.3 is 15.2 Å². The maximum Gasteiger partial charge on any atom is 0.363 e. The Morgan fingerprint density at radius 2 is 2.00 bits per heavy atom. The van der Waals surface area contributed by atoms with Crippen molar-refractivity contribution in [3.63, 3.8) is 0 Å². The van der Waals surface area contributed by atoms with E-state index in [0.29, 0.717) is 19.4 Å². The highest BCUT2D eigenvalue weighted by atomic mass is 32.2. The highest BCUT2D eigenvalue weighted by Crippen LogP contribution is 2.24. The Morgan fingerprint density at radius 3 is 2.52 bits per heavy atom. The van der Waals surface area contributed by atoms with Crippen LogP contribution in [0.15, 0.2) is 23.2 Å². The molecule has 0 atom stereocenters. The standard InChI is InChI=1S/C12H17N3O5S/c16-10-3-1-9(2-4-10)7-14-21(19,20)11-5-6-12(13-8-11)15(17)18/h5-6,8-10,14,16H,1-4,7H2. The summed E-state index contributed by atoms with van der Waals surface area (Å²) >= 11 is 0. The average molecular weight is 315 g/mol. The number of aliphatic hydroxyl groups is 1. The number of aliphatic hydroxyl groups excluding tert-OH is 1. The SMILES string of the molecule is O=[N+]([O-])c1ccc(S(=O)(=O)NCC2CCC(O)CC2)cn1. The summed E-state index contributed by atoms with van der Waals surface area (Å²) in [5.74, 6) is -0.190. The molecule has 1 aromatic heterocycles. The van der Waals surface area contributed by atoms with Crippen molar-refractivity contribution in [2.45, 2.75) is 36.7 Å². The van der Waals surface area contributed by atoms with Crippen molar-refractivity contribution < 1.29 is 18.4 Å². The molecule has 0 spiro atoms. The largest absolute Gasteiger partial charge is 0.393 e. The minimum Gasteiger partial charge on any atom is -0.393 e. The Balaban J connectivity index is 1.96. The van der Waals surface area contributed by atoms with Gasteiger partial charge in [-0.05, 0) is 47.6 Å². The summed E-state index contributed by atoms with van der Waals surface area (Å²) in [6, 6.07) is 2.23. The second-order valence-corrected chi connectivity index (χ2v) is 6.90. The van der Waals surface area contributed by atoms with Crippen molar-refractivity contribution in [3.05, 3.63) is 28.4 Å². The van der Waals surface area contributed by atoms with Gasteiger partial charge in [-0.1, -0.05) is 0 Å². The molecule has 1 saturated carbocycles. The summed E-state index contributed by atoms with van der Waals surface area (Å²) in [5.41, 5.74) is 0. The summed E-state index contributed by atoms with van der Waals surface area (Å²) < 4.78 is 26.6. The van der Waals surface area contributed by atoms with E-state index in [-0.39, 0.29) is 16.9 Å². The quantitative estimate of drug-likeness (QED) is 0.612. The Morgan fingerprint density at radius 1 is 1.33 bits per heavy atom. The van der Waals surface area contributed by atoms with E-state index in [4.69, 9.17) is 0 Å². The molecule has 1 aliphatic carbocycles. The molecule has 0 aliphatic heterocycles. The van der Waals surface area contributed by atoms with Crippen LogP contribution in [0.25, 0.3) is 0 Å². The first kappa shape index (κ1) is 15.8. The van der Waals surface area contributed by atoms with E-state index < -0.39 is 20.8 Å². The summed E-state index contributed by atoms with van der Waals surface area (Å²) in [6.07, 6.45) is 3.63. The van der Waals surface area contributed by atoms with Crippen LogP contribution in [-0.4, -0.2) is 36.1 Å². The van der Waals surface area contributed by atoms with E-state index in [9.17, 15) is 23.6 Å². The van der Waals surface area contributed by atoms with Gasteiger partial charge in [-0.2, -0.15) is 0 Å². The number of hydrogen-bond acceptors (Lipinski definition) is 6. The van der Waals surface area contributed by atoms with E-state index in [1.807, 2.05) is 0 Å². The average Bonchev–Trinajstić information content (AvgIpc) is 2.47. The number of pyridine rings is 1. The highest BCUT2D eigenvalue weighted by molar-refractivity contribution is 7.89. The number of nitrogens with zero attached hydrogens (tertiary/aromatic N) is 2. The number of hydrogen-bond donors (Lipinski definition) is 2. The van der Waals surface area contributed by atoms with Gasteiger partial charge in [0.05, 0.1) is 6.10 Å². The Kier molecular flexibility index (Phi) is 4.86. The van der Waals surface area contributed by atoms with E-state index >= 15 is 0 Å². The smallest absolute Gasteiger partial charge is 0.363 e. The lowest BCUT2D eigenvalue weighted by Gasteiger charge is -2.25. The summed E-state index contributed by atoms with van der Waals surface area (Å²) in [7, 11) is -3.71. The fourth-order valence-electron chi connectivity index (χ4n) is 2.30. The van der Waals surface area contributed by atoms with Crippen LogP contribution in [0.2, 0.25) is 0 Å². The Bertz CT molecular complexity index is 594. The van der Waals surface area contributed by atoms with Crippen LogP contribution in [0.3, 0.4) is 0 Å². The molecule has 116 valence electrons. The van der Waals surface area contributed by atoms with Crippen LogP contribution in [0.4, 0.5) is 5.82 Å². The molecule has 21 heavy (non-hydrogen) atoms. The third-order valence-electron chi connectivity index (χ3n) is 3.60. The van der Waals surface area contributed by atoms with Gasteiger partial charge in [0.15, 0.2) is 6.20 Å². The first-order valence-corrected chi connectivity index (χ1v) is 8.15. The molecule has 9 heteroatoms. The molecule has 0 bridgehead atoms. The van der Waals surface area contributed by atoms with Crippen molar-refractivity contribution in [2.24, 2.45) is 5.92 Å². The molecule has 1 aliphatic rings. The van der Waals surface area contributed by atoms with Crippen LogP contribution in [0.1, 0.15) is 25.7 Å². The van der Waals surface area contributed by atoms with Crippen molar-refractivity contribution in [2.75, 3.05) is 6.54 Å². The van der Waals surface area contributed by atoms with Gasteiger partial charge in [-0.3, -0.25) is 0 Å². The van der Waals surface area contributed by atoms with Gasteiger partial charge in [0, 0.05) is 12.6 Å². The summed E-state index contributed by atoms with van der Waals surface area (Å²) in [5, 5.41) is 19.9. The minimum atomic E-state index is -3.71. The summed E-state index contributed by atoms with van der Waals surface area (Å²) in [4.78, 5) is 13.2. The fourth-order valence-corrected chi connectivity index (χ4v) is 3.36. The molecule has 0 unspecified atom stereocenters. The van der Waals surface area contributed by atoms with Gasteiger partial charge in [-0.15, -0.1) is 0 Å². The molecule has 1 fully saturated rings. The minimum absolute atomic E-state index is 0.0936. The van der Waals surface area contributed by atoms with Crippen molar-refractivity contribution in [3.8, 4) is 0 Å². The topological polar surface area (TPSA) is 122 Å². The molecule has 0 amide bonds. The van der Waals surface area contributed by atoms with Crippen LogP contribution in [0, 0.1) is 16.0 Å². The zero-order valence-electron chi connectivity index (χ0n) is 11.3. The predicted molar refractivity (Wildman–Crippen MR) is 74.0 cm³/mol. The van der Waals surface area contributed by atoms with Gasteiger partial charge in [-0.25, -0.2) is 13.1 Å². The highest BCUT2D eigenvalue weighted by Gasteiger charge is 2.23. The lowest BCUT2D eigenvalue weighted by Crippen LogP contribution is -2.32. The van der Waals surface area contributed by atoms with Crippen molar-refractivity contribution in [1.82, 2.24) is 9.71 Å². The molecular formula is C12H17N3O5S. The van der Waals surface area contributed by atoms with E-state index in [2.05, 4.69) is 9.71 Å². The number of rotatable bonds is 5. The van der Waals surface area contributed by atoms with Crippen LogP contribution < -0.4 is 4.72 Å². The number of sulfonamides is 1.